The van der Waals surface area contributed by atoms with Crippen molar-refractivity contribution in [1.29, 1.82) is 0 Å². The average Bonchev–Trinajstić information content (AvgIpc) is 3.03. The van der Waals surface area contributed by atoms with Gasteiger partial charge in [0.2, 0.25) is 5.88 Å². The molecule has 0 fully saturated rings. The van der Waals surface area contributed by atoms with Crippen LogP contribution < -0.4 is 14.8 Å². The highest BCUT2D eigenvalue weighted by Crippen LogP contribution is 2.48. The molecule has 1 aliphatic heterocycles. The standard InChI is InChI=1S/C20H19ClF3N5O2/c1-9-15(12-6-11(21)8-25-17(12)30-5)14(31-20(22,23)24)7-13-16(9)29-10(2)27-28-18(29)19(3,4)26-13/h6-8,26H,1-5H3. The van der Waals surface area contributed by atoms with Crippen LogP contribution >= 0.6 is 11.6 Å². The number of aryl methyl sites for hydroxylation is 1. The minimum Gasteiger partial charge on any atom is -0.481 e. The zero-order chi connectivity index (χ0) is 22.7. The lowest BCUT2D eigenvalue weighted by Gasteiger charge is -2.35. The van der Waals surface area contributed by atoms with E-state index in [1.54, 1.807) is 13.8 Å². The van der Waals surface area contributed by atoms with Crippen molar-refractivity contribution >= 4 is 17.3 Å². The van der Waals surface area contributed by atoms with Crippen molar-refractivity contribution in [3.63, 3.8) is 0 Å². The summed E-state index contributed by atoms with van der Waals surface area (Å²) in [5, 5.41) is 11.9. The Morgan fingerprint density at radius 3 is 2.52 bits per heavy atom. The molecule has 4 rings (SSSR count). The smallest absolute Gasteiger partial charge is 0.481 e. The molecule has 2 aromatic heterocycles. The third-order valence-corrected chi connectivity index (χ3v) is 5.27. The van der Waals surface area contributed by atoms with Gasteiger partial charge in [0, 0.05) is 23.4 Å². The number of aromatic nitrogens is 4. The van der Waals surface area contributed by atoms with E-state index in [1.807, 2.05) is 18.4 Å². The van der Waals surface area contributed by atoms with Gasteiger partial charge in [0.05, 0.1) is 29.0 Å². The third-order valence-electron chi connectivity index (χ3n) is 5.07. The molecule has 0 amide bonds. The molecule has 0 saturated heterocycles. The van der Waals surface area contributed by atoms with Crippen molar-refractivity contribution < 1.29 is 22.6 Å². The molecular weight excluding hydrogens is 435 g/mol. The second kappa shape index (κ2) is 7.01. The Morgan fingerprint density at radius 1 is 1.16 bits per heavy atom. The Balaban J connectivity index is 2.10. The van der Waals surface area contributed by atoms with Crippen LogP contribution in [0, 0.1) is 13.8 Å². The maximum absolute atomic E-state index is 13.3. The molecule has 1 aromatic carbocycles. The molecule has 1 N–H and O–H groups in total. The van der Waals surface area contributed by atoms with E-state index in [1.165, 1.54) is 25.4 Å². The van der Waals surface area contributed by atoms with Gasteiger partial charge in [0.1, 0.15) is 11.6 Å². The number of hydrogen-bond donors (Lipinski definition) is 1. The fourth-order valence-corrected chi connectivity index (χ4v) is 4.05. The quantitative estimate of drug-likeness (QED) is 0.590. The molecule has 3 aromatic rings. The number of pyridine rings is 1. The number of halogens is 4. The second-order valence-corrected chi connectivity index (χ2v) is 8.12. The SMILES string of the molecule is COc1ncc(Cl)cc1-c1c(OC(F)(F)F)cc2c(c1C)-n1c(C)nnc1C(C)(C)N2. The first kappa shape index (κ1) is 21.2. The minimum absolute atomic E-state index is 0.115. The molecule has 0 unspecified atom stereocenters. The number of nitrogens with zero attached hydrogens (tertiary/aromatic N) is 4. The van der Waals surface area contributed by atoms with Gasteiger partial charge in [-0.1, -0.05) is 11.6 Å². The van der Waals surface area contributed by atoms with Crippen LogP contribution in [0.5, 0.6) is 11.6 Å². The zero-order valence-corrected chi connectivity index (χ0v) is 18.1. The summed E-state index contributed by atoms with van der Waals surface area (Å²) in [7, 11) is 1.38. The van der Waals surface area contributed by atoms with Gasteiger partial charge < -0.3 is 14.8 Å². The molecule has 1 aliphatic rings. The van der Waals surface area contributed by atoms with Crippen LogP contribution in [0.2, 0.25) is 5.02 Å². The number of fused-ring (bicyclic) bond motifs is 3. The van der Waals surface area contributed by atoms with Gasteiger partial charge in [-0.3, -0.25) is 4.57 Å². The number of nitrogens with one attached hydrogen (secondary N) is 1. The Kier molecular flexibility index (Phi) is 4.80. The highest BCUT2D eigenvalue weighted by molar-refractivity contribution is 6.30. The number of ether oxygens (including phenoxy) is 2. The van der Waals surface area contributed by atoms with Crippen LogP contribution in [0.15, 0.2) is 18.3 Å². The van der Waals surface area contributed by atoms with E-state index < -0.39 is 17.7 Å². The van der Waals surface area contributed by atoms with E-state index in [-0.39, 0.29) is 22.0 Å². The highest BCUT2D eigenvalue weighted by Gasteiger charge is 2.39. The summed E-state index contributed by atoms with van der Waals surface area (Å²) >= 11 is 6.11. The van der Waals surface area contributed by atoms with Gasteiger partial charge in [-0.05, 0) is 39.3 Å². The van der Waals surface area contributed by atoms with Crippen molar-refractivity contribution in [3.8, 4) is 28.4 Å². The first-order valence-electron chi connectivity index (χ1n) is 9.27. The molecule has 0 bridgehead atoms. The number of anilines is 1. The monoisotopic (exact) mass is 453 g/mol. The summed E-state index contributed by atoms with van der Waals surface area (Å²) in [4.78, 5) is 4.10. The van der Waals surface area contributed by atoms with Crippen molar-refractivity contribution in [1.82, 2.24) is 19.7 Å². The first-order valence-corrected chi connectivity index (χ1v) is 9.65. The maximum Gasteiger partial charge on any atom is 0.573 e. The van der Waals surface area contributed by atoms with Gasteiger partial charge in [0.15, 0.2) is 5.82 Å². The van der Waals surface area contributed by atoms with Crippen molar-refractivity contribution in [2.45, 2.75) is 39.6 Å². The molecule has 31 heavy (non-hydrogen) atoms. The second-order valence-electron chi connectivity index (χ2n) is 7.69. The maximum atomic E-state index is 13.3. The zero-order valence-electron chi connectivity index (χ0n) is 17.3. The summed E-state index contributed by atoms with van der Waals surface area (Å²) in [6.07, 6.45) is -3.55. The molecule has 164 valence electrons. The summed E-state index contributed by atoms with van der Waals surface area (Å²) in [6, 6.07) is 2.81. The molecule has 0 atom stereocenters. The molecular formula is C20H19ClF3N5O2. The Hall–Kier alpha value is -3.01. The van der Waals surface area contributed by atoms with E-state index in [0.717, 1.165) is 0 Å². The van der Waals surface area contributed by atoms with E-state index >= 15 is 0 Å². The summed E-state index contributed by atoms with van der Waals surface area (Å²) in [5.41, 5.74) is 1.31. The third kappa shape index (κ3) is 3.54. The van der Waals surface area contributed by atoms with Crippen LogP contribution in [0.3, 0.4) is 0 Å². The van der Waals surface area contributed by atoms with Gasteiger partial charge >= 0.3 is 6.36 Å². The van der Waals surface area contributed by atoms with Crippen LogP contribution in [-0.4, -0.2) is 33.2 Å². The summed E-state index contributed by atoms with van der Waals surface area (Å²) < 4.78 is 51.5. The van der Waals surface area contributed by atoms with E-state index in [2.05, 4.69) is 25.2 Å². The van der Waals surface area contributed by atoms with Gasteiger partial charge in [-0.2, -0.15) is 0 Å². The number of benzene rings is 1. The molecule has 3 heterocycles. The van der Waals surface area contributed by atoms with E-state index in [9.17, 15) is 13.2 Å². The van der Waals surface area contributed by atoms with E-state index in [4.69, 9.17) is 16.3 Å². The van der Waals surface area contributed by atoms with E-state index in [0.29, 0.717) is 28.6 Å². The lowest BCUT2D eigenvalue weighted by molar-refractivity contribution is -0.274. The van der Waals surface area contributed by atoms with Gasteiger partial charge in [-0.25, -0.2) is 4.98 Å². The van der Waals surface area contributed by atoms with Crippen molar-refractivity contribution in [3.05, 3.63) is 40.6 Å². The number of rotatable bonds is 3. The van der Waals surface area contributed by atoms with Gasteiger partial charge in [0.25, 0.3) is 0 Å². The first-order chi connectivity index (χ1) is 14.4. The largest absolute Gasteiger partial charge is 0.573 e. The normalized spacial score (nSPS) is 14.5. The molecule has 0 saturated carbocycles. The Labute approximate surface area is 181 Å². The van der Waals surface area contributed by atoms with Crippen LogP contribution in [-0.2, 0) is 5.54 Å². The van der Waals surface area contributed by atoms with Crippen LogP contribution in [0.4, 0.5) is 18.9 Å². The molecule has 0 aliphatic carbocycles. The fraction of sp³-hybridized carbons (Fsp3) is 0.350. The molecule has 11 heteroatoms. The molecule has 0 spiro atoms. The fourth-order valence-electron chi connectivity index (χ4n) is 3.90. The lowest BCUT2D eigenvalue weighted by atomic mass is 9.93. The number of alkyl halides is 3. The lowest BCUT2D eigenvalue weighted by Crippen LogP contribution is -2.36. The minimum atomic E-state index is -4.91. The molecule has 7 nitrogen and oxygen atoms in total. The van der Waals surface area contributed by atoms with Gasteiger partial charge in [-0.15, -0.1) is 23.4 Å². The predicted octanol–water partition coefficient (Wildman–Crippen LogP) is 5.17. The topological polar surface area (TPSA) is 74.1 Å². The number of methoxy groups -OCH3 is 1. The average molecular weight is 454 g/mol. The summed E-state index contributed by atoms with van der Waals surface area (Å²) in [6.45, 7) is 7.21. The predicted molar refractivity (Wildman–Crippen MR) is 109 cm³/mol. The Bertz CT molecular complexity index is 1190. The van der Waals surface area contributed by atoms with Crippen molar-refractivity contribution in [2.24, 2.45) is 0 Å². The van der Waals surface area contributed by atoms with Crippen LogP contribution in [0.25, 0.3) is 16.8 Å². The Morgan fingerprint density at radius 2 is 1.87 bits per heavy atom. The van der Waals surface area contributed by atoms with Crippen LogP contribution in [0.1, 0.15) is 31.1 Å². The van der Waals surface area contributed by atoms with Crippen molar-refractivity contribution in [2.75, 3.05) is 12.4 Å². The summed E-state index contributed by atoms with van der Waals surface area (Å²) in [5.74, 6) is 0.945. The number of hydrogen-bond acceptors (Lipinski definition) is 6. The highest BCUT2D eigenvalue weighted by atomic mass is 35.5. The molecule has 0 radical (unpaired) electrons.